The predicted octanol–water partition coefficient (Wildman–Crippen LogP) is 4.01. The zero-order valence-corrected chi connectivity index (χ0v) is 17.9. The van der Waals surface area contributed by atoms with Crippen molar-refractivity contribution in [3.63, 3.8) is 0 Å². The van der Waals surface area contributed by atoms with E-state index in [4.69, 9.17) is 34.8 Å². The lowest BCUT2D eigenvalue weighted by atomic mass is 10.1. The minimum Gasteiger partial charge on any atom is -0.384 e. The minimum atomic E-state index is 0.519. The number of benzene rings is 1. The highest BCUT2D eigenvalue weighted by atomic mass is 35.5. The summed E-state index contributed by atoms with van der Waals surface area (Å²) >= 11 is 12.0. The number of piperidine rings is 1. The number of hydrogen-bond acceptors (Lipinski definition) is 5. The minimum absolute atomic E-state index is 0.519. The average Bonchev–Trinajstić information content (AvgIpc) is 2.65. The highest BCUT2D eigenvalue weighted by Gasteiger charge is 2.12. The number of rotatable bonds is 10. The van der Waals surface area contributed by atoms with E-state index < -0.39 is 0 Å². The molecule has 0 atom stereocenters. The van der Waals surface area contributed by atoms with E-state index in [2.05, 4.69) is 16.7 Å². The van der Waals surface area contributed by atoms with Crippen LogP contribution in [0.5, 0.6) is 0 Å². The molecule has 4 N–H and O–H groups in total. The van der Waals surface area contributed by atoms with Crippen molar-refractivity contribution in [2.75, 3.05) is 32.7 Å². The van der Waals surface area contributed by atoms with Crippen molar-refractivity contribution in [3.05, 3.63) is 45.8 Å². The number of halogens is 2. The molecule has 1 aliphatic heterocycles. The van der Waals surface area contributed by atoms with E-state index >= 15 is 0 Å². The van der Waals surface area contributed by atoms with Crippen molar-refractivity contribution in [2.45, 2.75) is 45.6 Å². The summed E-state index contributed by atoms with van der Waals surface area (Å²) in [4.78, 5) is 4.78. The molecule has 1 fully saturated rings. The second kappa shape index (κ2) is 11.6. The molecule has 0 bridgehead atoms. The summed E-state index contributed by atoms with van der Waals surface area (Å²) in [6, 6.07) is 5.53. The maximum atomic E-state index is 6.34. The van der Waals surface area contributed by atoms with E-state index in [1.165, 1.54) is 32.4 Å². The topological polar surface area (TPSA) is 61.8 Å². The summed E-state index contributed by atoms with van der Waals surface area (Å²) in [6.45, 7) is 8.18. The first-order chi connectivity index (χ1) is 13.0. The van der Waals surface area contributed by atoms with Gasteiger partial charge in [-0.1, -0.05) is 42.6 Å². The summed E-state index contributed by atoms with van der Waals surface area (Å²) in [7, 11) is 0. The molecule has 7 heteroatoms. The smallest absolute Gasteiger partial charge is 0.117 e. The fourth-order valence-corrected chi connectivity index (χ4v) is 3.77. The molecule has 0 radical (unpaired) electrons. The Labute approximate surface area is 173 Å². The van der Waals surface area contributed by atoms with Gasteiger partial charge >= 0.3 is 0 Å². The van der Waals surface area contributed by atoms with Crippen LogP contribution >= 0.6 is 23.2 Å². The fraction of sp³-hybridized carbons (Fsp3) is 0.600. The number of likely N-dealkylation sites (tertiary alicyclic amines) is 1. The Morgan fingerprint density at radius 3 is 2.56 bits per heavy atom. The second-order valence-electron chi connectivity index (χ2n) is 7.22. The van der Waals surface area contributed by atoms with Crippen LogP contribution < -0.4 is 11.6 Å². The lowest BCUT2D eigenvalue weighted by Gasteiger charge is -2.29. The van der Waals surface area contributed by atoms with Crippen molar-refractivity contribution in [1.29, 1.82) is 0 Å². The molecule has 0 saturated carbocycles. The lowest BCUT2D eigenvalue weighted by Crippen LogP contribution is -2.36. The van der Waals surface area contributed by atoms with Crippen molar-refractivity contribution < 1.29 is 0 Å². The van der Waals surface area contributed by atoms with Crippen molar-refractivity contribution in [3.8, 4) is 0 Å². The summed E-state index contributed by atoms with van der Waals surface area (Å²) < 4.78 is 0. The zero-order valence-electron chi connectivity index (χ0n) is 16.3. The van der Waals surface area contributed by atoms with Crippen LogP contribution in [-0.4, -0.2) is 47.5 Å². The molecular formula is C20H33Cl2N5. The molecular weight excluding hydrogens is 381 g/mol. The summed E-state index contributed by atoms with van der Waals surface area (Å²) in [6.07, 6.45) is 8.01. The largest absolute Gasteiger partial charge is 0.384 e. The third kappa shape index (κ3) is 7.78. The molecule has 1 saturated heterocycles. The molecule has 1 aromatic rings. The van der Waals surface area contributed by atoms with E-state index in [1.54, 1.807) is 17.3 Å². The van der Waals surface area contributed by atoms with Crippen LogP contribution in [0.15, 0.2) is 30.2 Å². The SMILES string of the molecule is CCCN(CCCN1CCCCC1)/C(N)=C/N(N)Cc1ccc(Cl)c(Cl)c1. The lowest BCUT2D eigenvalue weighted by molar-refractivity contribution is 0.212. The molecule has 0 aromatic heterocycles. The molecule has 0 aliphatic carbocycles. The van der Waals surface area contributed by atoms with Crippen LogP contribution in [-0.2, 0) is 6.54 Å². The maximum absolute atomic E-state index is 6.34. The first-order valence-electron chi connectivity index (χ1n) is 9.89. The Morgan fingerprint density at radius 1 is 1.15 bits per heavy atom. The first kappa shape index (κ1) is 22.2. The number of hydrogen-bond donors (Lipinski definition) is 2. The van der Waals surface area contributed by atoms with Crippen LogP contribution in [0.1, 0.15) is 44.6 Å². The van der Waals surface area contributed by atoms with Gasteiger partial charge in [0.1, 0.15) is 5.82 Å². The molecule has 2 rings (SSSR count). The standard InChI is InChI=1S/C20H33Cl2N5/c1-2-9-26(13-6-12-25-10-4-3-5-11-25)20(23)16-27(24)15-17-7-8-18(21)19(22)14-17/h7-8,14,16H,2-6,9-13,15,23-24H2,1H3/b20-16+. The molecule has 1 aromatic carbocycles. The van der Waals surface area contributed by atoms with E-state index in [0.29, 0.717) is 22.4 Å². The molecule has 0 amide bonds. The van der Waals surface area contributed by atoms with Gasteiger partial charge < -0.3 is 20.5 Å². The summed E-state index contributed by atoms with van der Waals surface area (Å²) in [5.74, 6) is 6.85. The molecule has 0 spiro atoms. The van der Waals surface area contributed by atoms with Crippen molar-refractivity contribution in [2.24, 2.45) is 11.6 Å². The zero-order chi connectivity index (χ0) is 19.6. The molecule has 1 aliphatic rings. The Hall–Kier alpha value is -1.14. The van der Waals surface area contributed by atoms with Crippen LogP contribution in [0.25, 0.3) is 0 Å². The normalized spacial score (nSPS) is 15.8. The third-order valence-corrected chi connectivity index (χ3v) is 5.60. The average molecular weight is 414 g/mol. The van der Waals surface area contributed by atoms with Crippen LogP contribution in [0.4, 0.5) is 0 Å². The molecule has 5 nitrogen and oxygen atoms in total. The van der Waals surface area contributed by atoms with Gasteiger partial charge in [0.2, 0.25) is 0 Å². The van der Waals surface area contributed by atoms with Crippen LogP contribution in [0, 0.1) is 0 Å². The highest BCUT2D eigenvalue weighted by Crippen LogP contribution is 2.23. The Morgan fingerprint density at radius 2 is 1.89 bits per heavy atom. The molecule has 27 heavy (non-hydrogen) atoms. The van der Waals surface area contributed by atoms with E-state index in [9.17, 15) is 0 Å². The first-order valence-corrected chi connectivity index (χ1v) is 10.6. The summed E-state index contributed by atoms with van der Waals surface area (Å²) in [5.41, 5.74) is 7.33. The van der Waals surface area contributed by atoms with Gasteiger partial charge in [-0.3, -0.25) is 0 Å². The second-order valence-corrected chi connectivity index (χ2v) is 8.03. The molecule has 152 valence electrons. The number of nitrogens with zero attached hydrogens (tertiary/aromatic N) is 3. The van der Waals surface area contributed by atoms with Gasteiger partial charge in [-0.05, 0) is 63.0 Å². The van der Waals surface area contributed by atoms with Gasteiger partial charge in [-0.15, -0.1) is 0 Å². The van der Waals surface area contributed by atoms with Gasteiger partial charge in [0.15, 0.2) is 0 Å². The van der Waals surface area contributed by atoms with E-state index in [1.807, 2.05) is 12.1 Å². The van der Waals surface area contributed by atoms with Gasteiger partial charge in [-0.25, -0.2) is 5.84 Å². The van der Waals surface area contributed by atoms with Gasteiger partial charge in [0, 0.05) is 13.1 Å². The number of hydrazine groups is 1. The van der Waals surface area contributed by atoms with E-state index in [0.717, 1.165) is 38.0 Å². The maximum Gasteiger partial charge on any atom is 0.117 e. The van der Waals surface area contributed by atoms with Crippen LogP contribution in [0.3, 0.4) is 0 Å². The number of nitrogens with two attached hydrogens (primary N) is 2. The quantitative estimate of drug-likeness (QED) is 0.447. The third-order valence-electron chi connectivity index (χ3n) is 4.86. The Bertz CT molecular complexity index is 602. The van der Waals surface area contributed by atoms with Crippen molar-refractivity contribution in [1.82, 2.24) is 14.8 Å². The van der Waals surface area contributed by atoms with Crippen molar-refractivity contribution >= 4 is 23.2 Å². The van der Waals surface area contributed by atoms with Crippen LogP contribution in [0.2, 0.25) is 10.0 Å². The predicted molar refractivity (Wildman–Crippen MR) is 115 cm³/mol. The monoisotopic (exact) mass is 413 g/mol. The summed E-state index contributed by atoms with van der Waals surface area (Å²) in [5, 5.41) is 2.68. The highest BCUT2D eigenvalue weighted by molar-refractivity contribution is 6.42. The Balaban J connectivity index is 1.86. The fourth-order valence-electron chi connectivity index (χ4n) is 3.45. The molecule has 1 heterocycles. The van der Waals surface area contributed by atoms with Gasteiger partial charge in [0.25, 0.3) is 0 Å². The van der Waals surface area contributed by atoms with Gasteiger partial charge in [-0.2, -0.15) is 0 Å². The Kier molecular flexibility index (Phi) is 9.56. The van der Waals surface area contributed by atoms with Gasteiger partial charge in [0.05, 0.1) is 22.8 Å². The van der Waals surface area contributed by atoms with E-state index in [-0.39, 0.29) is 0 Å². The molecule has 0 unspecified atom stereocenters.